The van der Waals surface area contributed by atoms with E-state index in [9.17, 15) is 0 Å². The molecule has 2 nitrogen and oxygen atoms in total. The molecule has 104 valence electrons. The van der Waals surface area contributed by atoms with E-state index in [0.717, 1.165) is 28.1 Å². The summed E-state index contributed by atoms with van der Waals surface area (Å²) in [4.78, 5) is 0. The third-order valence-electron chi connectivity index (χ3n) is 3.26. The molecule has 0 aliphatic heterocycles. The predicted molar refractivity (Wildman–Crippen MR) is 85.5 cm³/mol. The van der Waals surface area contributed by atoms with E-state index in [0.29, 0.717) is 11.1 Å². The summed E-state index contributed by atoms with van der Waals surface area (Å²) >= 11 is 9.79. The first kappa shape index (κ1) is 13.9. The van der Waals surface area contributed by atoms with E-state index in [1.54, 1.807) is 0 Å². The summed E-state index contributed by atoms with van der Waals surface area (Å²) in [6, 6.07) is 14.3. The lowest BCUT2D eigenvalue weighted by Gasteiger charge is -2.14. The summed E-state index contributed by atoms with van der Waals surface area (Å²) in [5.41, 5.74) is 1.08. The Morgan fingerprint density at radius 1 is 1.15 bits per heavy atom. The van der Waals surface area contributed by atoms with Gasteiger partial charge in [0.25, 0.3) is 0 Å². The van der Waals surface area contributed by atoms with Crippen molar-refractivity contribution in [2.75, 3.05) is 0 Å². The Kier molecular flexibility index (Phi) is 4.29. The van der Waals surface area contributed by atoms with Gasteiger partial charge in [0, 0.05) is 18.2 Å². The van der Waals surface area contributed by atoms with Gasteiger partial charge in [-0.05, 0) is 47.0 Å². The second-order valence-corrected chi connectivity index (χ2v) is 6.18. The second kappa shape index (κ2) is 6.17. The minimum absolute atomic E-state index is 0.635. The lowest BCUT2D eigenvalue weighted by Crippen LogP contribution is -2.15. The number of hydrogen-bond acceptors (Lipinski definition) is 2. The fraction of sp³-hybridized carbons (Fsp3) is 0.250. The number of para-hydroxylation sites is 2. The van der Waals surface area contributed by atoms with Crippen molar-refractivity contribution < 1.29 is 4.74 Å². The molecule has 1 aliphatic rings. The van der Waals surface area contributed by atoms with Crippen molar-refractivity contribution in [1.82, 2.24) is 5.32 Å². The van der Waals surface area contributed by atoms with Gasteiger partial charge < -0.3 is 10.1 Å². The average Bonchev–Trinajstić information content (AvgIpc) is 3.26. The Hall–Kier alpha value is -1.03. The first-order chi connectivity index (χ1) is 9.74. The fourth-order valence-electron chi connectivity index (χ4n) is 1.99. The van der Waals surface area contributed by atoms with Crippen molar-refractivity contribution in [3.8, 4) is 11.5 Å². The number of rotatable bonds is 5. The van der Waals surface area contributed by atoms with Gasteiger partial charge in [-0.3, -0.25) is 0 Å². The van der Waals surface area contributed by atoms with Crippen LogP contribution in [0, 0.1) is 0 Å². The summed E-state index contributed by atoms with van der Waals surface area (Å²) in [7, 11) is 0. The van der Waals surface area contributed by atoms with Gasteiger partial charge in [-0.15, -0.1) is 0 Å². The number of nitrogens with one attached hydrogen (secondary N) is 1. The van der Waals surface area contributed by atoms with E-state index >= 15 is 0 Å². The average molecular weight is 353 g/mol. The molecule has 20 heavy (non-hydrogen) atoms. The van der Waals surface area contributed by atoms with Crippen LogP contribution < -0.4 is 10.1 Å². The highest BCUT2D eigenvalue weighted by Crippen LogP contribution is 2.36. The van der Waals surface area contributed by atoms with Gasteiger partial charge in [0.1, 0.15) is 5.75 Å². The molecule has 4 heteroatoms. The van der Waals surface area contributed by atoms with Crippen LogP contribution in [0.3, 0.4) is 0 Å². The quantitative estimate of drug-likeness (QED) is 0.804. The molecule has 2 aromatic rings. The summed E-state index contributed by atoms with van der Waals surface area (Å²) in [5, 5.41) is 4.13. The van der Waals surface area contributed by atoms with Crippen molar-refractivity contribution in [3.63, 3.8) is 0 Å². The van der Waals surface area contributed by atoms with E-state index in [-0.39, 0.29) is 0 Å². The molecule has 0 saturated heterocycles. The monoisotopic (exact) mass is 351 g/mol. The van der Waals surface area contributed by atoms with E-state index in [4.69, 9.17) is 16.3 Å². The predicted octanol–water partition coefficient (Wildman–Crippen LogP) is 5.15. The number of halogens is 2. The summed E-state index contributed by atoms with van der Waals surface area (Å²) < 4.78 is 6.92. The van der Waals surface area contributed by atoms with Crippen LogP contribution in [0.15, 0.2) is 46.9 Å². The van der Waals surface area contributed by atoms with Crippen LogP contribution in [0.4, 0.5) is 0 Å². The van der Waals surface area contributed by atoms with Crippen molar-refractivity contribution in [3.05, 3.63) is 57.5 Å². The van der Waals surface area contributed by atoms with Crippen molar-refractivity contribution >= 4 is 27.5 Å². The van der Waals surface area contributed by atoms with Gasteiger partial charge in [0.05, 0.1) is 9.50 Å². The van der Waals surface area contributed by atoms with Crippen LogP contribution in [0.25, 0.3) is 0 Å². The maximum atomic E-state index is 6.29. The van der Waals surface area contributed by atoms with Crippen LogP contribution in [-0.2, 0) is 6.54 Å². The molecule has 0 heterocycles. The van der Waals surface area contributed by atoms with Gasteiger partial charge in [-0.2, -0.15) is 0 Å². The van der Waals surface area contributed by atoms with Crippen LogP contribution in [0.1, 0.15) is 18.4 Å². The Labute approximate surface area is 132 Å². The van der Waals surface area contributed by atoms with Crippen LogP contribution in [0.5, 0.6) is 11.5 Å². The van der Waals surface area contributed by atoms with Gasteiger partial charge in [0.2, 0.25) is 0 Å². The maximum Gasteiger partial charge on any atom is 0.150 e. The summed E-state index contributed by atoms with van der Waals surface area (Å²) in [6.45, 7) is 0.783. The van der Waals surface area contributed by atoms with Crippen LogP contribution >= 0.6 is 27.5 Å². The van der Waals surface area contributed by atoms with Crippen molar-refractivity contribution in [1.29, 1.82) is 0 Å². The summed E-state index contributed by atoms with van der Waals surface area (Å²) in [6.07, 6.45) is 2.53. The highest BCUT2D eigenvalue weighted by atomic mass is 79.9. The van der Waals surface area contributed by atoms with E-state index < -0.39 is 0 Å². The molecule has 0 amide bonds. The largest absolute Gasteiger partial charge is 0.454 e. The van der Waals surface area contributed by atoms with Gasteiger partial charge in [-0.1, -0.05) is 35.9 Å². The first-order valence-corrected chi connectivity index (χ1v) is 7.84. The smallest absolute Gasteiger partial charge is 0.150 e. The minimum atomic E-state index is 0.635. The molecule has 0 radical (unpaired) electrons. The summed E-state index contributed by atoms with van der Waals surface area (Å²) in [5.74, 6) is 1.50. The zero-order valence-corrected chi connectivity index (χ0v) is 13.2. The molecule has 0 atom stereocenters. The third-order valence-corrected chi connectivity index (χ3v) is 4.21. The standard InChI is InChI=1S/C16H15BrClNO/c17-13-5-1-2-7-15(13)20-16-11(4-3-6-14(16)18)10-19-12-8-9-12/h1-7,12,19H,8-10H2. The zero-order valence-electron chi connectivity index (χ0n) is 10.9. The molecule has 0 spiro atoms. The molecule has 1 aliphatic carbocycles. The van der Waals surface area contributed by atoms with Gasteiger partial charge in [-0.25, -0.2) is 0 Å². The zero-order chi connectivity index (χ0) is 13.9. The van der Waals surface area contributed by atoms with Crippen molar-refractivity contribution in [2.24, 2.45) is 0 Å². The molecular weight excluding hydrogens is 338 g/mol. The minimum Gasteiger partial charge on any atom is -0.454 e. The van der Waals surface area contributed by atoms with E-state index in [2.05, 4.69) is 21.2 Å². The normalized spacial score (nSPS) is 14.3. The molecule has 3 rings (SSSR count). The molecule has 0 unspecified atom stereocenters. The Morgan fingerprint density at radius 2 is 1.95 bits per heavy atom. The fourth-order valence-corrected chi connectivity index (χ4v) is 2.58. The van der Waals surface area contributed by atoms with Crippen LogP contribution in [-0.4, -0.2) is 6.04 Å². The number of benzene rings is 2. The van der Waals surface area contributed by atoms with Crippen LogP contribution in [0.2, 0.25) is 5.02 Å². The van der Waals surface area contributed by atoms with Gasteiger partial charge in [0.15, 0.2) is 5.75 Å². The first-order valence-electron chi connectivity index (χ1n) is 6.67. The Morgan fingerprint density at radius 3 is 2.70 bits per heavy atom. The second-order valence-electron chi connectivity index (χ2n) is 4.92. The Balaban J connectivity index is 1.85. The van der Waals surface area contributed by atoms with E-state index in [1.807, 2.05) is 42.5 Å². The van der Waals surface area contributed by atoms with Gasteiger partial charge >= 0.3 is 0 Å². The number of hydrogen-bond donors (Lipinski definition) is 1. The molecule has 1 fully saturated rings. The molecule has 2 aromatic carbocycles. The molecule has 0 aromatic heterocycles. The molecular formula is C16H15BrClNO. The van der Waals surface area contributed by atoms with Crippen molar-refractivity contribution in [2.45, 2.75) is 25.4 Å². The molecule has 1 N–H and O–H groups in total. The SMILES string of the molecule is Clc1cccc(CNC2CC2)c1Oc1ccccc1Br. The molecule has 1 saturated carbocycles. The number of ether oxygens (including phenoxy) is 1. The van der Waals surface area contributed by atoms with E-state index in [1.165, 1.54) is 12.8 Å². The lowest BCUT2D eigenvalue weighted by molar-refractivity contribution is 0.470. The Bertz CT molecular complexity index is 613. The highest BCUT2D eigenvalue weighted by Gasteiger charge is 2.21. The third kappa shape index (κ3) is 3.35. The highest BCUT2D eigenvalue weighted by molar-refractivity contribution is 9.10. The maximum absolute atomic E-state index is 6.29. The lowest BCUT2D eigenvalue weighted by atomic mass is 10.2. The molecule has 0 bridgehead atoms. The topological polar surface area (TPSA) is 21.3 Å².